The molecule has 1 atom stereocenters. The molecule has 0 radical (unpaired) electrons. The second-order valence-electron chi connectivity index (χ2n) is 8.31. The molecule has 1 aromatic carbocycles. The molecule has 5 heteroatoms. The van der Waals surface area contributed by atoms with E-state index in [-0.39, 0.29) is 10.6 Å². The first kappa shape index (κ1) is 17.0. The molecule has 0 bridgehead atoms. The Balaban J connectivity index is 1.32. The van der Waals surface area contributed by atoms with Gasteiger partial charge in [-0.3, -0.25) is 10.1 Å². The van der Waals surface area contributed by atoms with E-state index in [2.05, 4.69) is 10.2 Å². The number of nitro groups is 1. The van der Waals surface area contributed by atoms with Gasteiger partial charge < -0.3 is 10.2 Å². The molecule has 0 aromatic heterocycles. The fourth-order valence-corrected chi connectivity index (χ4v) is 5.37. The van der Waals surface area contributed by atoms with Crippen molar-refractivity contribution in [1.29, 1.82) is 0 Å². The van der Waals surface area contributed by atoms with Crippen LogP contribution in [0, 0.1) is 15.5 Å². The van der Waals surface area contributed by atoms with Crippen LogP contribution in [0.25, 0.3) is 0 Å². The van der Waals surface area contributed by atoms with E-state index in [1.807, 2.05) is 12.1 Å². The molecule has 1 unspecified atom stereocenters. The van der Waals surface area contributed by atoms with Crippen molar-refractivity contribution in [3.63, 3.8) is 0 Å². The zero-order chi connectivity index (χ0) is 17.3. The molecule has 1 saturated carbocycles. The minimum absolute atomic E-state index is 0.194. The van der Waals surface area contributed by atoms with Crippen molar-refractivity contribution in [3.8, 4) is 0 Å². The van der Waals surface area contributed by atoms with E-state index in [0.717, 1.165) is 6.04 Å². The summed E-state index contributed by atoms with van der Waals surface area (Å²) in [6, 6.07) is 8.01. The zero-order valence-corrected chi connectivity index (χ0v) is 15.0. The summed E-state index contributed by atoms with van der Waals surface area (Å²) in [5, 5.41) is 14.3. The summed E-state index contributed by atoms with van der Waals surface area (Å²) < 4.78 is 0. The molecule has 3 fully saturated rings. The Hall–Kier alpha value is -1.46. The van der Waals surface area contributed by atoms with Crippen LogP contribution in [0.5, 0.6) is 0 Å². The molecule has 0 amide bonds. The van der Waals surface area contributed by atoms with Crippen LogP contribution in [0.3, 0.4) is 0 Å². The summed E-state index contributed by atoms with van der Waals surface area (Å²) in [6.45, 7) is 4.77. The first-order chi connectivity index (χ1) is 12.2. The van der Waals surface area contributed by atoms with Crippen molar-refractivity contribution in [3.05, 3.63) is 39.9 Å². The molecule has 3 aliphatic rings. The van der Waals surface area contributed by atoms with Gasteiger partial charge in [0.1, 0.15) is 0 Å². The summed E-state index contributed by atoms with van der Waals surface area (Å²) in [5.74, 6) is 0.561. The van der Waals surface area contributed by atoms with Crippen molar-refractivity contribution in [2.75, 3.05) is 26.2 Å². The highest BCUT2D eigenvalue weighted by atomic mass is 16.6. The van der Waals surface area contributed by atoms with Gasteiger partial charge in [-0.25, -0.2) is 0 Å². The molecule has 5 nitrogen and oxygen atoms in total. The van der Waals surface area contributed by atoms with E-state index in [0.29, 0.717) is 11.3 Å². The molecule has 136 valence electrons. The molecule has 4 rings (SSSR count). The third-order valence-corrected chi connectivity index (χ3v) is 6.96. The molecule has 1 aliphatic carbocycles. The van der Waals surface area contributed by atoms with Crippen LogP contribution in [0.15, 0.2) is 24.3 Å². The number of rotatable bonds is 3. The van der Waals surface area contributed by atoms with Crippen molar-refractivity contribution in [2.45, 2.75) is 56.9 Å². The van der Waals surface area contributed by atoms with Gasteiger partial charge in [0.05, 0.1) is 4.92 Å². The normalized spacial score (nSPS) is 27.6. The lowest BCUT2D eigenvalue weighted by atomic mass is 9.77. The van der Waals surface area contributed by atoms with Gasteiger partial charge >= 0.3 is 0 Å². The smallest absolute Gasteiger partial charge is 0.269 e. The van der Waals surface area contributed by atoms with E-state index in [1.165, 1.54) is 76.7 Å². The Morgan fingerprint density at radius 1 is 1.04 bits per heavy atom. The number of nitro benzene ring substituents is 1. The monoisotopic (exact) mass is 343 g/mol. The van der Waals surface area contributed by atoms with Crippen molar-refractivity contribution < 1.29 is 4.92 Å². The summed E-state index contributed by atoms with van der Waals surface area (Å²) >= 11 is 0. The van der Waals surface area contributed by atoms with Crippen LogP contribution in [-0.2, 0) is 0 Å². The minimum atomic E-state index is -0.316. The standard InChI is InChI=1S/C20H29N3O2/c24-23(25)18-3-1-16(2-4-18)17-6-13-22(14-7-17)19-5-8-20(15-19)9-11-21-12-10-20/h1-4,17,19,21H,5-15H2. The van der Waals surface area contributed by atoms with E-state index >= 15 is 0 Å². The van der Waals surface area contributed by atoms with E-state index in [9.17, 15) is 10.1 Å². The Labute approximate surface area is 149 Å². The Morgan fingerprint density at radius 3 is 2.36 bits per heavy atom. The number of nitrogens with one attached hydrogen (secondary N) is 1. The molecular formula is C20H29N3O2. The summed E-state index contributed by atoms with van der Waals surface area (Å²) in [7, 11) is 0. The molecule has 2 heterocycles. The first-order valence-corrected chi connectivity index (χ1v) is 9.84. The van der Waals surface area contributed by atoms with Gasteiger partial charge in [0.15, 0.2) is 0 Å². The summed E-state index contributed by atoms with van der Waals surface area (Å²) in [6.07, 6.45) is 9.29. The van der Waals surface area contributed by atoms with Crippen LogP contribution in [0.2, 0.25) is 0 Å². The number of likely N-dealkylation sites (tertiary alicyclic amines) is 1. The summed E-state index contributed by atoms with van der Waals surface area (Å²) in [4.78, 5) is 13.2. The minimum Gasteiger partial charge on any atom is -0.317 e. The second-order valence-corrected chi connectivity index (χ2v) is 8.31. The maximum absolute atomic E-state index is 10.8. The van der Waals surface area contributed by atoms with Crippen LogP contribution >= 0.6 is 0 Å². The van der Waals surface area contributed by atoms with Crippen molar-refractivity contribution in [2.24, 2.45) is 5.41 Å². The Kier molecular flexibility index (Phi) is 4.78. The fraction of sp³-hybridized carbons (Fsp3) is 0.700. The third kappa shape index (κ3) is 3.58. The molecule has 2 saturated heterocycles. The van der Waals surface area contributed by atoms with Crippen LogP contribution in [0.1, 0.15) is 56.4 Å². The lowest BCUT2D eigenvalue weighted by Crippen LogP contribution is -2.41. The van der Waals surface area contributed by atoms with Gasteiger partial charge in [0.25, 0.3) is 5.69 Å². The van der Waals surface area contributed by atoms with Gasteiger partial charge in [0.2, 0.25) is 0 Å². The number of hydrogen-bond acceptors (Lipinski definition) is 4. The number of nitrogens with zero attached hydrogens (tertiary/aromatic N) is 2. The molecule has 2 aliphatic heterocycles. The predicted octanol–water partition coefficient (Wildman–Crippen LogP) is 3.70. The lowest BCUT2D eigenvalue weighted by Gasteiger charge is -2.38. The van der Waals surface area contributed by atoms with Crippen LogP contribution in [-0.4, -0.2) is 42.0 Å². The van der Waals surface area contributed by atoms with Crippen LogP contribution in [0.4, 0.5) is 5.69 Å². The zero-order valence-electron chi connectivity index (χ0n) is 15.0. The highest BCUT2D eigenvalue weighted by Crippen LogP contribution is 2.47. The second kappa shape index (κ2) is 7.04. The SMILES string of the molecule is O=[N+]([O-])c1ccc(C2CCN(C3CCC4(CCNCC4)C3)CC2)cc1. The van der Waals surface area contributed by atoms with E-state index < -0.39 is 0 Å². The van der Waals surface area contributed by atoms with E-state index in [1.54, 1.807) is 12.1 Å². The third-order valence-electron chi connectivity index (χ3n) is 6.96. The highest BCUT2D eigenvalue weighted by Gasteiger charge is 2.42. The predicted molar refractivity (Wildman–Crippen MR) is 98.8 cm³/mol. The van der Waals surface area contributed by atoms with E-state index in [4.69, 9.17) is 0 Å². The average molecular weight is 343 g/mol. The molecule has 1 N–H and O–H groups in total. The Bertz CT molecular complexity index is 602. The number of benzene rings is 1. The van der Waals surface area contributed by atoms with Gasteiger partial charge in [-0.1, -0.05) is 12.1 Å². The van der Waals surface area contributed by atoms with Gasteiger partial charge in [-0.05, 0) is 88.0 Å². The number of hydrogen-bond donors (Lipinski definition) is 1. The first-order valence-electron chi connectivity index (χ1n) is 9.84. The molecule has 1 aromatic rings. The quantitative estimate of drug-likeness (QED) is 0.671. The van der Waals surface area contributed by atoms with Crippen molar-refractivity contribution >= 4 is 5.69 Å². The highest BCUT2D eigenvalue weighted by molar-refractivity contribution is 5.34. The van der Waals surface area contributed by atoms with Gasteiger partial charge in [-0.2, -0.15) is 0 Å². The van der Waals surface area contributed by atoms with Gasteiger partial charge in [-0.15, -0.1) is 0 Å². The maximum Gasteiger partial charge on any atom is 0.269 e. The molecule has 25 heavy (non-hydrogen) atoms. The fourth-order valence-electron chi connectivity index (χ4n) is 5.37. The topological polar surface area (TPSA) is 58.4 Å². The molecule has 1 spiro atoms. The average Bonchev–Trinajstić information content (AvgIpc) is 3.06. The van der Waals surface area contributed by atoms with Gasteiger partial charge in [0, 0.05) is 18.2 Å². The molecular weight excluding hydrogens is 314 g/mol. The Morgan fingerprint density at radius 2 is 1.72 bits per heavy atom. The largest absolute Gasteiger partial charge is 0.317 e. The number of piperidine rings is 2. The van der Waals surface area contributed by atoms with Crippen molar-refractivity contribution in [1.82, 2.24) is 10.2 Å². The number of non-ortho nitro benzene ring substituents is 1. The van der Waals surface area contributed by atoms with Crippen LogP contribution < -0.4 is 5.32 Å². The lowest BCUT2D eigenvalue weighted by molar-refractivity contribution is -0.384. The maximum atomic E-state index is 10.8. The summed E-state index contributed by atoms with van der Waals surface area (Å²) in [5.41, 5.74) is 2.09.